The van der Waals surface area contributed by atoms with E-state index < -0.39 is 9.84 Å². The average Bonchev–Trinajstić information content (AvgIpc) is 3.28. The van der Waals surface area contributed by atoms with Gasteiger partial charge in [0.05, 0.1) is 23.2 Å². The Labute approximate surface area is 169 Å². The molecule has 10 nitrogen and oxygen atoms in total. The number of hydrogen-bond donors (Lipinski definition) is 2. The molecule has 4 rings (SSSR count). The van der Waals surface area contributed by atoms with E-state index in [4.69, 9.17) is 10.2 Å². The summed E-state index contributed by atoms with van der Waals surface area (Å²) in [5.41, 5.74) is 6.34. The molecule has 1 aliphatic rings. The zero-order chi connectivity index (χ0) is 20.4. The van der Waals surface area contributed by atoms with Crippen molar-refractivity contribution in [2.24, 2.45) is 0 Å². The minimum atomic E-state index is -3.03. The van der Waals surface area contributed by atoms with Gasteiger partial charge in [-0.3, -0.25) is 0 Å². The topological polar surface area (TPSA) is 150 Å². The van der Waals surface area contributed by atoms with Crippen LogP contribution in [-0.4, -0.2) is 45.1 Å². The van der Waals surface area contributed by atoms with E-state index in [-0.39, 0.29) is 46.1 Å². The minimum Gasteiger partial charge on any atom is -0.416 e. The summed E-state index contributed by atoms with van der Waals surface area (Å²) in [6.07, 6.45) is 0.483. The highest BCUT2D eigenvalue weighted by molar-refractivity contribution is 7.98. The predicted molar refractivity (Wildman–Crippen MR) is 104 cm³/mol. The van der Waals surface area contributed by atoms with Gasteiger partial charge in [0.25, 0.3) is 5.22 Å². The summed E-state index contributed by atoms with van der Waals surface area (Å²) >= 11 is 1.20. The average molecular weight is 437 g/mol. The third-order valence-corrected chi connectivity index (χ3v) is 6.71. The van der Waals surface area contributed by atoms with Gasteiger partial charge in [0.15, 0.2) is 9.84 Å². The second-order valence-electron chi connectivity index (χ2n) is 6.36. The summed E-state index contributed by atoms with van der Waals surface area (Å²) in [6, 6.07) is 5.72. The molecule has 1 atom stereocenters. The van der Waals surface area contributed by atoms with Crippen LogP contribution >= 0.6 is 11.8 Å². The van der Waals surface area contributed by atoms with Crippen molar-refractivity contribution >= 4 is 39.2 Å². The molecule has 2 aromatic heterocycles. The quantitative estimate of drug-likeness (QED) is 0.544. The zero-order valence-corrected chi connectivity index (χ0v) is 16.6. The van der Waals surface area contributed by atoms with Crippen molar-refractivity contribution in [3.63, 3.8) is 0 Å². The van der Waals surface area contributed by atoms with Gasteiger partial charge in [-0.25, -0.2) is 12.8 Å². The smallest absolute Gasteiger partial charge is 0.277 e. The van der Waals surface area contributed by atoms with E-state index in [1.807, 2.05) is 0 Å². The van der Waals surface area contributed by atoms with E-state index in [9.17, 15) is 12.8 Å². The fraction of sp³-hybridized carbons (Fsp3) is 0.312. The highest BCUT2D eigenvalue weighted by Crippen LogP contribution is 2.30. The van der Waals surface area contributed by atoms with Crippen molar-refractivity contribution < 1.29 is 17.2 Å². The van der Waals surface area contributed by atoms with Gasteiger partial charge in [0.2, 0.25) is 17.8 Å². The van der Waals surface area contributed by atoms with Crippen LogP contribution in [0.25, 0.3) is 0 Å². The minimum absolute atomic E-state index is 0.0295. The fourth-order valence-corrected chi connectivity index (χ4v) is 5.14. The van der Waals surface area contributed by atoms with Crippen LogP contribution < -0.4 is 11.1 Å². The van der Waals surface area contributed by atoms with Crippen molar-refractivity contribution in [1.29, 1.82) is 0 Å². The van der Waals surface area contributed by atoms with E-state index in [2.05, 4.69) is 30.5 Å². The van der Waals surface area contributed by atoms with Crippen molar-refractivity contribution in [3.05, 3.63) is 41.8 Å². The Balaban J connectivity index is 1.41. The number of halogens is 1. The second kappa shape index (κ2) is 7.91. The van der Waals surface area contributed by atoms with Crippen LogP contribution in [0.15, 0.2) is 33.9 Å². The van der Waals surface area contributed by atoms with Crippen molar-refractivity contribution in [2.45, 2.75) is 23.3 Å². The van der Waals surface area contributed by atoms with Gasteiger partial charge < -0.3 is 15.5 Å². The second-order valence-corrected chi connectivity index (χ2v) is 9.52. The van der Waals surface area contributed by atoms with Crippen molar-refractivity contribution in [1.82, 2.24) is 25.1 Å². The first-order valence-corrected chi connectivity index (χ1v) is 11.4. The van der Waals surface area contributed by atoms with Gasteiger partial charge in [-0.15, -0.1) is 10.2 Å². The summed E-state index contributed by atoms with van der Waals surface area (Å²) in [5.74, 6) is 0.800. The number of nitrogen functional groups attached to an aromatic ring is 1. The van der Waals surface area contributed by atoms with E-state index in [0.717, 1.165) is 0 Å². The third-order valence-electron chi connectivity index (χ3n) is 4.13. The van der Waals surface area contributed by atoms with E-state index in [1.54, 1.807) is 12.1 Å². The lowest BCUT2D eigenvalue weighted by Crippen LogP contribution is -2.06. The van der Waals surface area contributed by atoms with Crippen molar-refractivity contribution in [2.75, 3.05) is 22.6 Å². The number of anilines is 3. The first kappa shape index (κ1) is 19.5. The normalized spacial score (nSPS) is 18.0. The Morgan fingerprint density at radius 1 is 1.21 bits per heavy atom. The van der Waals surface area contributed by atoms with Crippen LogP contribution in [0.3, 0.4) is 0 Å². The first-order chi connectivity index (χ1) is 13.9. The van der Waals surface area contributed by atoms with E-state index in [0.29, 0.717) is 23.8 Å². The number of benzene rings is 1. The number of sulfone groups is 1. The summed E-state index contributed by atoms with van der Waals surface area (Å²) < 4.78 is 41.8. The number of hydrogen-bond acceptors (Lipinski definition) is 11. The van der Waals surface area contributed by atoms with Gasteiger partial charge in [-0.2, -0.15) is 15.0 Å². The summed E-state index contributed by atoms with van der Waals surface area (Å²) in [6.45, 7) is 0. The molecule has 13 heteroatoms. The third kappa shape index (κ3) is 4.98. The maximum atomic E-state index is 13.0. The van der Waals surface area contributed by atoms with Crippen LogP contribution in [0.2, 0.25) is 0 Å². The molecule has 1 aliphatic heterocycles. The van der Waals surface area contributed by atoms with Crippen LogP contribution in [0.4, 0.5) is 22.0 Å². The first-order valence-electron chi connectivity index (χ1n) is 8.56. The van der Waals surface area contributed by atoms with Crippen LogP contribution in [0.1, 0.15) is 24.1 Å². The van der Waals surface area contributed by atoms with Gasteiger partial charge in [0, 0.05) is 5.69 Å². The monoisotopic (exact) mass is 437 g/mol. The highest BCUT2D eigenvalue weighted by Gasteiger charge is 2.32. The maximum Gasteiger partial charge on any atom is 0.277 e. The molecule has 0 radical (unpaired) electrons. The number of nitrogens with zero attached hydrogens (tertiary/aromatic N) is 5. The molecule has 3 aromatic rings. The molecule has 0 aliphatic carbocycles. The maximum absolute atomic E-state index is 13.0. The molecule has 1 saturated heterocycles. The predicted octanol–water partition coefficient (Wildman–Crippen LogP) is 1.91. The summed E-state index contributed by atoms with van der Waals surface area (Å²) in [4.78, 5) is 12.4. The Morgan fingerprint density at radius 2 is 2.00 bits per heavy atom. The number of nitrogens with two attached hydrogens (primary N) is 1. The standard InChI is InChI=1S/C16H16FN7O3S2/c17-10-1-3-11(4-2-10)19-15-21-12(20-14(18)22-15)7-28-16-24-23-13(27-16)9-5-6-29(25,26)8-9/h1-4,9H,5-8H2,(H3,18,19,20,21,22). The van der Waals surface area contributed by atoms with E-state index >= 15 is 0 Å². The van der Waals surface area contributed by atoms with E-state index in [1.165, 1.54) is 23.9 Å². The largest absolute Gasteiger partial charge is 0.416 e. The van der Waals surface area contributed by atoms with Gasteiger partial charge in [0.1, 0.15) is 11.6 Å². The molecule has 1 aromatic carbocycles. The van der Waals surface area contributed by atoms with Crippen LogP contribution in [0, 0.1) is 5.82 Å². The molecule has 3 heterocycles. The lowest BCUT2D eigenvalue weighted by Gasteiger charge is -2.06. The van der Waals surface area contributed by atoms with Gasteiger partial charge >= 0.3 is 0 Å². The lowest BCUT2D eigenvalue weighted by molar-refractivity contribution is 0.393. The highest BCUT2D eigenvalue weighted by atomic mass is 32.2. The number of aromatic nitrogens is 5. The molecule has 1 fully saturated rings. The molecule has 29 heavy (non-hydrogen) atoms. The molecule has 0 amide bonds. The molecule has 0 bridgehead atoms. The SMILES string of the molecule is Nc1nc(CSc2nnc(C3CCS(=O)(=O)C3)o2)nc(Nc2ccc(F)cc2)n1. The van der Waals surface area contributed by atoms with Gasteiger partial charge in [-0.05, 0) is 30.7 Å². The summed E-state index contributed by atoms with van der Waals surface area (Å²) in [7, 11) is -3.03. The molecule has 152 valence electrons. The molecule has 0 saturated carbocycles. The molecule has 0 spiro atoms. The molecular formula is C16H16FN7O3S2. The summed E-state index contributed by atoms with van der Waals surface area (Å²) in [5, 5.41) is 11.1. The molecule has 3 N–H and O–H groups in total. The fourth-order valence-electron chi connectivity index (χ4n) is 2.78. The number of nitrogens with one attached hydrogen (secondary N) is 1. The van der Waals surface area contributed by atoms with Crippen molar-refractivity contribution in [3.8, 4) is 0 Å². The number of rotatable bonds is 6. The Hall–Kier alpha value is -2.80. The van der Waals surface area contributed by atoms with Gasteiger partial charge in [-0.1, -0.05) is 11.8 Å². The Kier molecular flexibility index (Phi) is 5.32. The Bertz CT molecular complexity index is 1120. The Morgan fingerprint density at radius 3 is 2.72 bits per heavy atom. The van der Waals surface area contributed by atoms with Crippen LogP contribution in [-0.2, 0) is 15.6 Å². The number of thioether (sulfide) groups is 1. The lowest BCUT2D eigenvalue weighted by atomic mass is 10.1. The zero-order valence-electron chi connectivity index (χ0n) is 14.9. The molecule has 1 unspecified atom stereocenters. The molecular weight excluding hydrogens is 421 g/mol. The van der Waals surface area contributed by atoms with Crippen LogP contribution in [0.5, 0.6) is 0 Å².